The van der Waals surface area contributed by atoms with Crippen molar-refractivity contribution in [3.05, 3.63) is 42.6 Å². The molecule has 1 N–H and O–H groups in total. The Labute approximate surface area is 107 Å². The smallest absolute Gasteiger partial charge is 0.308 e. The van der Waals surface area contributed by atoms with Gasteiger partial charge in [-0.3, -0.25) is 14.8 Å². The number of aliphatic carboxylic acids is 1. The summed E-state index contributed by atoms with van der Waals surface area (Å²) in [4.78, 5) is 23.3. The number of hydrogen-bond acceptors (Lipinski definition) is 5. The second kappa shape index (κ2) is 4.45. The molecule has 0 amide bonds. The predicted molar refractivity (Wildman–Crippen MR) is 65.4 cm³/mol. The van der Waals surface area contributed by atoms with Gasteiger partial charge in [0.2, 0.25) is 0 Å². The number of fused-ring (bicyclic) bond motifs is 1. The van der Waals surface area contributed by atoms with Crippen LogP contribution in [0.1, 0.15) is 5.56 Å². The van der Waals surface area contributed by atoms with Gasteiger partial charge in [0.15, 0.2) is 5.65 Å². The van der Waals surface area contributed by atoms with Crippen LogP contribution >= 0.6 is 0 Å². The molecule has 19 heavy (non-hydrogen) atoms. The van der Waals surface area contributed by atoms with Crippen molar-refractivity contribution in [1.29, 1.82) is 0 Å². The molecule has 0 aromatic carbocycles. The topological polar surface area (TPSA) is 93.3 Å². The van der Waals surface area contributed by atoms with Crippen LogP contribution in [0.4, 0.5) is 0 Å². The first-order valence-corrected chi connectivity index (χ1v) is 5.56. The molecule has 3 aromatic heterocycles. The van der Waals surface area contributed by atoms with Gasteiger partial charge >= 0.3 is 5.97 Å². The van der Waals surface area contributed by atoms with Gasteiger partial charge in [-0.1, -0.05) is 0 Å². The molecular formula is C12H9N5O2. The van der Waals surface area contributed by atoms with Gasteiger partial charge in [-0.05, 0) is 6.07 Å². The summed E-state index contributed by atoms with van der Waals surface area (Å²) >= 11 is 0. The quantitative estimate of drug-likeness (QED) is 0.744. The van der Waals surface area contributed by atoms with Gasteiger partial charge in [-0.2, -0.15) is 5.10 Å². The average molecular weight is 255 g/mol. The number of carbonyl (C=O) groups is 1. The molecule has 0 aliphatic heterocycles. The summed E-state index contributed by atoms with van der Waals surface area (Å²) in [5.74, 6) is -0.939. The molecule has 3 heterocycles. The largest absolute Gasteiger partial charge is 0.481 e. The van der Waals surface area contributed by atoms with Crippen LogP contribution in [0.25, 0.3) is 17.0 Å². The van der Waals surface area contributed by atoms with E-state index in [1.807, 2.05) is 0 Å². The summed E-state index contributed by atoms with van der Waals surface area (Å²) in [7, 11) is 0. The third-order valence-electron chi connectivity index (χ3n) is 2.62. The van der Waals surface area contributed by atoms with E-state index in [2.05, 4.69) is 20.1 Å². The summed E-state index contributed by atoms with van der Waals surface area (Å²) in [5.41, 5.74) is 2.08. The van der Waals surface area contributed by atoms with Crippen LogP contribution in [-0.2, 0) is 11.2 Å². The van der Waals surface area contributed by atoms with Gasteiger partial charge < -0.3 is 5.11 Å². The zero-order chi connectivity index (χ0) is 13.2. The highest BCUT2D eigenvalue weighted by Crippen LogP contribution is 2.23. The maximum Gasteiger partial charge on any atom is 0.308 e. The zero-order valence-electron chi connectivity index (χ0n) is 9.76. The summed E-state index contributed by atoms with van der Waals surface area (Å²) in [6, 6.07) is 1.73. The minimum Gasteiger partial charge on any atom is -0.481 e. The van der Waals surface area contributed by atoms with Gasteiger partial charge in [0, 0.05) is 30.4 Å². The van der Waals surface area contributed by atoms with Crippen LogP contribution in [0, 0.1) is 0 Å². The monoisotopic (exact) mass is 255 g/mol. The van der Waals surface area contributed by atoms with Gasteiger partial charge in [0.05, 0.1) is 12.6 Å². The van der Waals surface area contributed by atoms with Gasteiger partial charge in [0.1, 0.15) is 11.4 Å². The number of carboxylic acids is 1. The normalized spacial score (nSPS) is 10.7. The van der Waals surface area contributed by atoms with E-state index in [9.17, 15) is 4.79 Å². The van der Waals surface area contributed by atoms with Gasteiger partial charge in [-0.15, -0.1) is 0 Å². The third-order valence-corrected chi connectivity index (χ3v) is 2.62. The molecule has 0 unspecified atom stereocenters. The summed E-state index contributed by atoms with van der Waals surface area (Å²) in [5, 5.41) is 13.3. The standard InChI is InChI=1S/C12H9N5O2/c18-10(19)6-8-11(9-7-13-3-4-14-9)16-17-5-1-2-15-12(8)17/h1-5,7H,6H2,(H,18,19). The van der Waals surface area contributed by atoms with E-state index in [0.717, 1.165) is 0 Å². The Balaban J connectivity index is 2.26. The van der Waals surface area contributed by atoms with Crippen molar-refractivity contribution in [2.75, 3.05) is 0 Å². The molecule has 0 saturated carbocycles. The maximum atomic E-state index is 11.0. The predicted octanol–water partition coefficient (Wildman–Crippen LogP) is 0.813. The lowest BCUT2D eigenvalue weighted by atomic mass is 10.1. The molecule has 94 valence electrons. The Morgan fingerprint density at radius 3 is 2.89 bits per heavy atom. The fraction of sp³-hybridized carbons (Fsp3) is 0.0833. The molecule has 7 heteroatoms. The van der Waals surface area contributed by atoms with Crippen LogP contribution in [0.5, 0.6) is 0 Å². The molecule has 0 aliphatic rings. The lowest BCUT2D eigenvalue weighted by molar-refractivity contribution is -0.136. The van der Waals surface area contributed by atoms with E-state index < -0.39 is 5.97 Å². The molecular weight excluding hydrogens is 246 g/mol. The van der Waals surface area contributed by atoms with Crippen molar-refractivity contribution in [2.45, 2.75) is 6.42 Å². The van der Waals surface area contributed by atoms with Crippen molar-refractivity contribution in [1.82, 2.24) is 24.6 Å². The molecule has 0 atom stereocenters. The summed E-state index contributed by atoms with van der Waals surface area (Å²) < 4.78 is 1.54. The molecule has 0 fully saturated rings. The molecule has 3 rings (SSSR count). The third kappa shape index (κ3) is 2.01. The number of rotatable bonds is 3. The molecule has 0 saturated heterocycles. The number of aromatic nitrogens is 5. The van der Waals surface area contributed by atoms with Crippen LogP contribution in [0.15, 0.2) is 37.1 Å². The molecule has 0 spiro atoms. The Morgan fingerprint density at radius 2 is 2.16 bits per heavy atom. The molecule has 0 bridgehead atoms. The second-order valence-electron chi connectivity index (χ2n) is 3.88. The van der Waals surface area contributed by atoms with Crippen LogP contribution < -0.4 is 0 Å². The van der Waals surface area contributed by atoms with Crippen molar-refractivity contribution in [2.24, 2.45) is 0 Å². The number of carboxylic acid groups (broad SMARTS) is 1. The van der Waals surface area contributed by atoms with Crippen LogP contribution in [0.3, 0.4) is 0 Å². The minimum atomic E-state index is -0.939. The van der Waals surface area contributed by atoms with E-state index in [1.54, 1.807) is 35.4 Å². The van der Waals surface area contributed by atoms with E-state index in [0.29, 0.717) is 22.6 Å². The Kier molecular flexibility index (Phi) is 2.64. The molecule has 0 radical (unpaired) electrons. The van der Waals surface area contributed by atoms with E-state index in [1.165, 1.54) is 6.20 Å². The highest BCUT2D eigenvalue weighted by molar-refractivity contribution is 5.78. The van der Waals surface area contributed by atoms with Crippen molar-refractivity contribution in [3.63, 3.8) is 0 Å². The van der Waals surface area contributed by atoms with Crippen molar-refractivity contribution in [3.8, 4) is 11.4 Å². The maximum absolute atomic E-state index is 11.0. The number of hydrogen-bond donors (Lipinski definition) is 1. The van der Waals surface area contributed by atoms with Crippen LogP contribution in [-0.4, -0.2) is 35.6 Å². The first kappa shape index (κ1) is 11.3. The summed E-state index contributed by atoms with van der Waals surface area (Å²) in [6.07, 6.45) is 7.79. The Hall–Kier alpha value is -2.83. The zero-order valence-corrected chi connectivity index (χ0v) is 9.76. The minimum absolute atomic E-state index is 0.160. The second-order valence-corrected chi connectivity index (χ2v) is 3.88. The molecule has 0 aliphatic carbocycles. The lowest BCUT2D eigenvalue weighted by Crippen LogP contribution is -2.02. The fourth-order valence-corrected chi connectivity index (χ4v) is 1.88. The highest BCUT2D eigenvalue weighted by Gasteiger charge is 2.18. The summed E-state index contributed by atoms with van der Waals surface area (Å²) in [6.45, 7) is 0. The molecule has 3 aromatic rings. The van der Waals surface area contributed by atoms with Crippen molar-refractivity contribution >= 4 is 11.6 Å². The van der Waals surface area contributed by atoms with E-state index in [4.69, 9.17) is 5.11 Å². The highest BCUT2D eigenvalue weighted by atomic mass is 16.4. The first-order chi connectivity index (χ1) is 9.25. The van der Waals surface area contributed by atoms with Crippen LogP contribution in [0.2, 0.25) is 0 Å². The van der Waals surface area contributed by atoms with E-state index >= 15 is 0 Å². The van der Waals surface area contributed by atoms with Gasteiger partial charge in [-0.25, -0.2) is 9.50 Å². The number of nitrogens with zero attached hydrogens (tertiary/aromatic N) is 5. The first-order valence-electron chi connectivity index (χ1n) is 5.56. The fourth-order valence-electron chi connectivity index (χ4n) is 1.88. The average Bonchev–Trinajstić information content (AvgIpc) is 2.78. The SMILES string of the molecule is O=C(O)Cc1c(-c2cnccn2)nn2cccnc12. The lowest BCUT2D eigenvalue weighted by Gasteiger charge is -1.98. The van der Waals surface area contributed by atoms with Gasteiger partial charge in [0.25, 0.3) is 0 Å². The Morgan fingerprint density at radius 1 is 1.26 bits per heavy atom. The van der Waals surface area contributed by atoms with E-state index in [-0.39, 0.29) is 6.42 Å². The van der Waals surface area contributed by atoms with Crippen molar-refractivity contribution < 1.29 is 9.90 Å². The molecule has 7 nitrogen and oxygen atoms in total. The Bertz CT molecular complexity index is 738.